The van der Waals surface area contributed by atoms with Crippen LogP contribution in [-0.2, 0) is 19.1 Å². The number of hydrogen-bond donors (Lipinski definition) is 1. The molecule has 1 aliphatic heterocycles. The zero-order valence-electron chi connectivity index (χ0n) is 14.6. The SMILES string of the molecule is C[C@@H](OC(=O)CCSc1ccc(F)cc1)C(=O)NCCN1C(=O)CSC1=O. The largest absolute Gasteiger partial charge is 0.453 e. The maximum absolute atomic E-state index is 12.8. The van der Waals surface area contributed by atoms with Gasteiger partial charge in [0.05, 0.1) is 12.2 Å². The van der Waals surface area contributed by atoms with E-state index in [1.165, 1.54) is 30.8 Å². The molecule has 0 spiro atoms. The molecule has 1 fully saturated rings. The number of rotatable bonds is 9. The molecule has 146 valence electrons. The Labute approximate surface area is 164 Å². The van der Waals surface area contributed by atoms with Gasteiger partial charge >= 0.3 is 5.97 Å². The van der Waals surface area contributed by atoms with Crippen LogP contribution in [0.25, 0.3) is 0 Å². The summed E-state index contributed by atoms with van der Waals surface area (Å²) in [5.74, 6) is -1.06. The summed E-state index contributed by atoms with van der Waals surface area (Å²) >= 11 is 2.31. The number of carbonyl (C=O) groups is 4. The first-order chi connectivity index (χ1) is 12.9. The summed E-state index contributed by atoms with van der Waals surface area (Å²) in [7, 11) is 0. The first-order valence-electron chi connectivity index (χ1n) is 8.19. The summed E-state index contributed by atoms with van der Waals surface area (Å²) < 4.78 is 17.9. The van der Waals surface area contributed by atoms with Crippen LogP contribution in [0.15, 0.2) is 29.2 Å². The molecule has 1 aromatic carbocycles. The van der Waals surface area contributed by atoms with Gasteiger partial charge in [0, 0.05) is 23.7 Å². The zero-order valence-corrected chi connectivity index (χ0v) is 16.2. The van der Waals surface area contributed by atoms with E-state index in [0.29, 0.717) is 5.75 Å². The Bertz CT molecular complexity index is 698. The molecule has 1 saturated heterocycles. The molecule has 1 atom stereocenters. The molecule has 2 rings (SSSR count). The first-order valence-corrected chi connectivity index (χ1v) is 10.2. The van der Waals surface area contributed by atoms with Crippen molar-refractivity contribution in [3.05, 3.63) is 30.1 Å². The minimum Gasteiger partial charge on any atom is -0.453 e. The summed E-state index contributed by atoms with van der Waals surface area (Å²) in [5, 5.41) is 2.20. The lowest BCUT2D eigenvalue weighted by Gasteiger charge is -2.16. The highest BCUT2D eigenvalue weighted by atomic mass is 32.2. The number of carbonyl (C=O) groups excluding carboxylic acids is 4. The van der Waals surface area contributed by atoms with Gasteiger partial charge in [0.1, 0.15) is 5.82 Å². The Kier molecular flexibility index (Phi) is 8.11. The normalized spacial score (nSPS) is 15.0. The molecular formula is C17H19FN2O5S2. The van der Waals surface area contributed by atoms with E-state index in [-0.39, 0.29) is 42.2 Å². The molecule has 1 heterocycles. The molecule has 1 aliphatic rings. The number of amides is 3. The lowest BCUT2D eigenvalue weighted by molar-refractivity contribution is -0.154. The lowest BCUT2D eigenvalue weighted by Crippen LogP contribution is -2.41. The van der Waals surface area contributed by atoms with Crippen molar-refractivity contribution in [1.82, 2.24) is 10.2 Å². The standard InChI is InChI=1S/C17H19FN2O5S2/c1-11(16(23)19-7-8-20-14(21)10-27-17(20)24)25-15(22)6-9-26-13-4-2-12(18)3-5-13/h2-5,11H,6-10H2,1H3,(H,19,23)/t11-/m1/s1. The van der Waals surface area contributed by atoms with Crippen molar-refractivity contribution in [2.24, 2.45) is 0 Å². The van der Waals surface area contributed by atoms with Crippen LogP contribution in [0.2, 0.25) is 0 Å². The quantitative estimate of drug-likeness (QED) is 0.488. The Morgan fingerprint density at radius 2 is 2.04 bits per heavy atom. The lowest BCUT2D eigenvalue weighted by atomic mass is 10.3. The zero-order chi connectivity index (χ0) is 19.8. The topological polar surface area (TPSA) is 92.8 Å². The van der Waals surface area contributed by atoms with Gasteiger partial charge in [-0.1, -0.05) is 11.8 Å². The maximum Gasteiger partial charge on any atom is 0.307 e. The summed E-state index contributed by atoms with van der Waals surface area (Å²) in [6.45, 7) is 1.63. The predicted molar refractivity (Wildman–Crippen MR) is 99.9 cm³/mol. The first kappa shape index (κ1) is 21.2. The van der Waals surface area contributed by atoms with E-state index >= 15 is 0 Å². The summed E-state index contributed by atoms with van der Waals surface area (Å²) in [6.07, 6.45) is -0.874. The summed E-state index contributed by atoms with van der Waals surface area (Å²) in [4.78, 5) is 48.5. The van der Waals surface area contributed by atoms with E-state index in [2.05, 4.69) is 5.32 Å². The molecule has 3 amide bonds. The number of ether oxygens (including phenoxy) is 1. The minimum atomic E-state index is -0.979. The van der Waals surface area contributed by atoms with Gasteiger partial charge in [-0.25, -0.2) is 4.39 Å². The Hall–Kier alpha value is -2.07. The number of imide groups is 1. The molecule has 0 saturated carbocycles. The van der Waals surface area contributed by atoms with Crippen molar-refractivity contribution < 1.29 is 28.3 Å². The van der Waals surface area contributed by atoms with Crippen LogP contribution < -0.4 is 5.32 Å². The van der Waals surface area contributed by atoms with Crippen LogP contribution >= 0.6 is 23.5 Å². The fourth-order valence-corrected chi connectivity index (χ4v) is 3.71. The van der Waals surface area contributed by atoms with Crippen LogP contribution in [-0.4, -0.2) is 58.6 Å². The van der Waals surface area contributed by atoms with Crippen LogP contribution in [0.4, 0.5) is 9.18 Å². The van der Waals surface area contributed by atoms with Gasteiger partial charge in [-0.15, -0.1) is 11.8 Å². The number of thioether (sulfide) groups is 2. The Morgan fingerprint density at radius 1 is 1.33 bits per heavy atom. The third kappa shape index (κ3) is 6.87. The average Bonchev–Trinajstić information content (AvgIpc) is 2.95. The van der Waals surface area contributed by atoms with Crippen LogP contribution in [0, 0.1) is 5.82 Å². The molecule has 0 bridgehead atoms. The second-order valence-corrected chi connectivity index (χ2v) is 7.67. The molecule has 0 unspecified atom stereocenters. The highest BCUT2D eigenvalue weighted by molar-refractivity contribution is 8.14. The number of esters is 1. The average molecular weight is 414 g/mol. The van der Waals surface area contributed by atoms with Crippen LogP contribution in [0.1, 0.15) is 13.3 Å². The van der Waals surface area contributed by atoms with Gasteiger partial charge in [0.2, 0.25) is 5.91 Å². The molecule has 1 N–H and O–H groups in total. The number of hydrogen-bond acceptors (Lipinski definition) is 7. The van der Waals surface area contributed by atoms with Crippen molar-refractivity contribution in [2.45, 2.75) is 24.3 Å². The fraction of sp³-hybridized carbons (Fsp3) is 0.412. The highest BCUT2D eigenvalue weighted by Crippen LogP contribution is 2.19. The van der Waals surface area contributed by atoms with E-state index in [0.717, 1.165) is 21.6 Å². The third-order valence-electron chi connectivity index (χ3n) is 3.54. The number of halogens is 1. The number of benzene rings is 1. The van der Waals surface area contributed by atoms with E-state index in [1.807, 2.05) is 0 Å². The van der Waals surface area contributed by atoms with Crippen LogP contribution in [0.5, 0.6) is 0 Å². The highest BCUT2D eigenvalue weighted by Gasteiger charge is 2.29. The second kappa shape index (κ2) is 10.3. The van der Waals surface area contributed by atoms with Gasteiger partial charge < -0.3 is 10.1 Å². The molecule has 1 aromatic rings. The van der Waals surface area contributed by atoms with Crippen LogP contribution in [0.3, 0.4) is 0 Å². The third-order valence-corrected chi connectivity index (χ3v) is 5.41. The van der Waals surface area contributed by atoms with Gasteiger partial charge in [0.25, 0.3) is 11.1 Å². The van der Waals surface area contributed by atoms with E-state index < -0.39 is 18.0 Å². The molecule has 0 aromatic heterocycles. The van der Waals surface area contributed by atoms with E-state index in [9.17, 15) is 23.6 Å². The minimum absolute atomic E-state index is 0.0887. The molecular weight excluding hydrogens is 395 g/mol. The molecule has 10 heteroatoms. The second-order valence-electron chi connectivity index (χ2n) is 5.58. The predicted octanol–water partition coefficient (Wildman–Crippen LogP) is 2.05. The van der Waals surface area contributed by atoms with Crippen molar-refractivity contribution in [2.75, 3.05) is 24.6 Å². The smallest absolute Gasteiger partial charge is 0.307 e. The van der Waals surface area contributed by atoms with Gasteiger partial charge in [-0.05, 0) is 31.2 Å². The Balaban J connectivity index is 1.62. The fourth-order valence-electron chi connectivity index (χ4n) is 2.12. The summed E-state index contributed by atoms with van der Waals surface area (Å²) in [5.41, 5.74) is 0. The van der Waals surface area contributed by atoms with Gasteiger partial charge in [-0.3, -0.25) is 24.1 Å². The van der Waals surface area contributed by atoms with Crippen molar-refractivity contribution in [3.8, 4) is 0 Å². The molecule has 0 aliphatic carbocycles. The van der Waals surface area contributed by atoms with Crippen molar-refractivity contribution >= 4 is 46.5 Å². The summed E-state index contributed by atoms with van der Waals surface area (Å²) in [6, 6.07) is 5.93. The number of nitrogens with one attached hydrogen (secondary N) is 1. The molecule has 27 heavy (non-hydrogen) atoms. The van der Waals surface area contributed by atoms with Crippen molar-refractivity contribution in [3.63, 3.8) is 0 Å². The Morgan fingerprint density at radius 3 is 2.67 bits per heavy atom. The maximum atomic E-state index is 12.8. The van der Waals surface area contributed by atoms with Gasteiger partial charge in [-0.2, -0.15) is 0 Å². The molecule has 7 nitrogen and oxygen atoms in total. The van der Waals surface area contributed by atoms with E-state index in [1.54, 1.807) is 12.1 Å². The van der Waals surface area contributed by atoms with Gasteiger partial charge in [0.15, 0.2) is 6.10 Å². The number of nitrogens with zero attached hydrogens (tertiary/aromatic N) is 1. The monoisotopic (exact) mass is 414 g/mol. The van der Waals surface area contributed by atoms with Crippen molar-refractivity contribution in [1.29, 1.82) is 0 Å². The van der Waals surface area contributed by atoms with E-state index in [4.69, 9.17) is 4.74 Å². The molecule has 0 radical (unpaired) electrons.